The fraction of sp³-hybridized carbons (Fsp3) is 0.500. The molecule has 1 atom stereocenters. The van der Waals surface area contributed by atoms with E-state index in [-0.39, 0.29) is 6.42 Å². The molecule has 5 heteroatoms. The maximum atomic E-state index is 10.8. The van der Waals surface area contributed by atoms with Gasteiger partial charge in [-0.1, -0.05) is 0 Å². The normalized spacial score (nSPS) is 12.5. The average molecular weight is 201 g/mol. The molecule has 0 saturated heterocycles. The molecule has 0 aromatic carbocycles. The summed E-state index contributed by atoms with van der Waals surface area (Å²) in [6, 6.07) is 0. The average Bonchev–Trinajstić information content (AvgIpc) is 2.51. The second kappa shape index (κ2) is 4.34. The lowest BCUT2D eigenvalue weighted by Crippen LogP contribution is -2.07. The number of aliphatic hydroxyl groups excluding tert-OH is 1. The topological polar surface area (TPSA) is 59.4 Å². The van der Waals surface area contributed by atoms with Gasteiger partial charge in [-0.2, -0.15) is 0 Å². The number of esters is 1. The van der Waals surface area contributed by atoms with Gasteiger partial charge in [0.05, 0.1) is 29.6 Å². The molecule has 1 N–H and O–H groups in total. The smallest absolute Gasteiger partial charge is 0.308 e. The molecule has 0 fully saturated rings. The number of rotatable bonds is 3. The van der Waals surface area contributed by atoms with Crippen molar-refractivity contribution in [2.75, 3.05) is 7.11 Å². The van der Waals surface area contributed by atoms with Crippen LogP contribution in [0.25, 0.3) is 0 Å². The number of aromatic nitrogens is 1. The van der Waals surface area contributed by atoms with Gasteiger partial charge in [-0.25, -0.2) is 4.98 Å². The molecule has 0 spiro atoms. The van der Waals surface area contributed by atoms with E-state index in [1.54, 1.807) is 12.4 Å². The molecule has 0 unspecified atom stereocenters. The minimum absolute atomic E-state index is 0.0144. The fourth-order valence-corrected chi connectivity index (χ4v) is 1.75. The number of nitrogens with zero attached hydrogens (tertiary/aromatic N) is 1. The summed E-state index contributed by atoms with van der Waals surface area (Å²) in [6.07, 6.45) is -0.806. The first kappa shape index (κ1) is 10.1. The predicted octanol–water partition coefficient (Wildman–Crippen LogP) is 1.05. The summed E-state index contributed by atoms with van der Waals surface area (Å²) in [5.41, 5.74) is 2.41. The zero-order valence-corrected chi connectivity index (χ0v) is 8.30. The predicted molar refractivity (Wildman–Crippen MR) is 48.4 cm³/mol. The van der Waals surface area contributed by atoms with E-state index in [0.29, 0.717) is 0 Å². The highest BCUT2D eigenvalue weighted by Crippen LogP contribution is 2.24. The van der Waals surface area contributed by atoms with Crippen LogP contribution < -0.4 is 0 Å². The van der Waals surface area contributed by atoms with Crippen LogP contribution in [-0.4, -0.2) is 23.2 Å². The van der Waals surface area contributed by atoms with E-state index in [4.69, 9.17) is 0 Å². The lowest BCUT2D eigenvalue weighted by molar-refractivity contribution is -0.142. The molecule has 1 aromatic heterocycles. The Labute approximate surface area is 80.2 Å². The molecule has 13 heavy (non-hydrogen) atoms. The van der Waals surface area contributed by atoms with Crippen LogP contribution in [0.2, 0.25) is 0 Å². The van der Waals surface area contributed by atoms with E-state index in [1.807, 2.05) is 0 Å². The Morgan fingerprint density at radius 1 is 1.85 bits per heavy atom. The molecule has 0 aliphatic rings. The number of hydrogen-bond donors (Lipinski definition) is 1. The van der Waals surface area contributed by atoms with Gasteiger partial charge in [0, 0.05) is 0 Å². The van der Waals surface area contributed by atoms with Gasteiger partial charge < -0.3 is 9.84 Å². The highest BCUT2D eigenvalue weighted by atomic mass is 32.1. The quantitative estimate of drug-likeness (QED) is 0.742. The second-order valence-corrected chi connectivity index (χ2v) is 3.48. The molecule has 0 radical (unpaired) electrons. The number of aryl methyl sites for hydroxylation is 1. The van der Waals surface area contributed by atoms with Crippen LogP contribution in [0, 0.1) is 6.92 Å². The summed E-state index contributed by atoms with van der Waals surface area (Å²) in [5, 5.41) is 9.56. The number of aliphatic hydroxyl groups is 1. The van der Waals surface area contributed by atoms with Crippen molar-refractivity contribution in [2.24, 2.45) is 0 Å². The Kier molecular flexibility index (Phi) is 3.39. The molecule has 1 rings (SSSR count). The Hall–Kier alpha value is -0.940. The Morgan fingerprint density at radius 3 is 3.00 bits per heavy atom. The first-order valence-electron chi connectivity index (χ1n) is 3.80. The van der Waals surface area contributed by atoms with Crippen molar-refractivity contribution in [2.45, 2.75) is 19.4 Å². The minimum Gasteiger partial charge on any atom is -0.469 e. The van der Waals surface area contributed by atoms with E-state index < -0.39 is 12.1 Å². The van der Waals surface area contributed by atoms with Crippen molar-refractivity contribution in [1.29, 1.82) is 0 Å². The summed E-state index contributed by atoms with van der Waals surface area (Å²) >= 11 is 1.34. The lowest BCUT2D eigenvalue weighted by Gasteiger charge is -2.06. The van der Waals surface area contributed by atoms with Crippen LogP contribution in [0.4, 0.5) is 0 Å². The molecule has 4 nitrogen and oxygen atoms in total. The van der Waals surface area contributed by atoms with Gasteiger partial charge in [-0.3, -0.25) is 4.79 Å². The first-order chi connectivity index (χ1) is 6.15. The van der Waals surface area contributed by atoms with Crippen LogP contribution in [0.3, 0.4) is 0 Å². The van der Waals surface area contributed by atoms with Crippen molar-refractivity contribution in [1.82, 2.24) is 4.98 Å². The Morgan fingerprint density at radius 2 is 2.54 bits per heavy atom. The maximum Gasteiger partial charge on any atom is 0.308 e. The highest BCUT2D eigenvalue weighted by Gasteiger charge is 2.16. The number of carbonyl (C=O) groups is 1. The fourth-order valence-electron chi connectivity index (χ4n) is 0.965. The van der Waals surface area contributed by atoms with E-state index in [9.17, 15) is 9.90 Å². The van der Waals surface area contributed by atoms with Crippen molar-refractivity contribution < 1.29 is 14.6 Å². The number of methoxy groups -OCH3 is 1. The highest BCUT2D eigenvalue weighted by molar-refractivity contribution is 7.09. The molecule has 0 bridgehead atoms. The monoisotopic (exact) mass is 201 g/mol. The third-order valence-corrected chi connectivity index (χ3v) is 2.71. The standard InChI is InChI=1S/C8H11NO3S/c1-5-8(13-4-9-5)6(10)3-7(11)12-2/h4,6,10H,3H2,1-2H3/t6-/m1/s1. The van der Waals surface area contributed by atoms with Crippen LogP contribution in [0.5, 0.6) is 0 Å². The van der Waals surface area contributed by atoms with Crippen molar-refractivity contribution in [3.05, 3.63) is 16.1 Å². The molecular weight excluding hydrogens is 190 g/mol. The summed E-state index contributed by atoms with van der Waals surface area (Å²) in [7, 11) is 1.30. The minimum atomic E-state index is -0.792. The molecular formula is C8H11NO3S. The third-order valence-electron chi connectivity index (χ3n) is 1.67. The summed E-state index contributed by atoms with van der Waals surface area (Å²) < 4.78 is 4.44. The SMILES string of the molecule is COC(=O)C[C@@H](O)c1scnc1C. The lowest BCUT2D eigenvalue weighted by atomic mass is 10.2. The van der Waals surface area contributed by atoms with E-state index in [0.717, 1.165) is 10.6 Å². The zero-order chi connectivity index (χ0) is 9.84. The second-order valence-electron chi connectivity index (χ2n) is 2.60. The van der Waals surface area contributed by atoms with Gasteiger partial charge in [0.25, 0.3) is 0 Å². The van der Waals surface area contributed by atoms with Crippen molar-refractivity contribution in [3.63, 3.8) is 0 Å². The van der Waals surface area contributed by atoms with Crippen molar-refractivity contribution >= 4 is 17.3 Å². The molecule has 1 heterocycles. The van der Waals surface area contributed by atoms with Gasteiger partial charge in [0.2, 0.25) is 0 Å². The third kappa shape index (κ3) is 2.50. The largest absolute Gasteiger partial charge is 0.469 e. The van der Waals surface area contributed by atoms with E-state index >= 15 is 0 Å². The van der Waals surface area contributed by atoms with Gasteiger partial charge in [-0.05, 0) is 6.92 Å². The summed E-state index contributed by atoms with van der Waals surface area (Å²) in [6.45, 7) is 1.80. The van der Waals surface area contributed by atoms with Crippen LogP contribution in [0.15, 0.2) is 5.51 Å². The summed E-state index contributed by atoms with van der Waals surface area (Å²) in [4.78, 5) is 15.5. The van der Waals surface area contributed by atoms with Gasteiger partial charge in [0.1, 0.15) is 6.10 Å². The van der Waals surface area contributed by atoms with E-state index in [2.05, 4.69) is 9.72 Å². The van der Waals surface area contributed by atoms with E-state index in [1.165, 1.54) is 18.4 Å². The van der Waals surface area contributed by atoms with Crippen LogP contribution in [0.1, 0.15) is 23.1 Å². The molecule has 0 aliphatic heterocycles. The maximum absolute atomic E-state index is 10.8. The Bertz CT molecular complexity index is 297. The number of ether oxygens (including phenoxy) is 1. The van der Waals surface area contributed by atoms with Gasteiger partial charge >= 0.3 is 5.97 Å². The first-order valence-corrected chi connectivity index (χ1v) is 4.68. The molecule has 0 amide bonds. The van der Waals surface area contributed by atoms with Gasteiger partial charge in [-0.15, -0.1) is 11.3 Å². The zero-order valence-electron chi connectivity index (χ0n) is 7.48. The molecule has 72 valence electrons. The van der Waals surface area contributed by atoms with Gasteiger partial charge in [0.15, 0.2) is 0 Å². The Balaban J connectivity index is 2.63. The van der Waals surface area contributed by atoms with Crippen LogP contribution >= 0.6 is 11.3 Å². The van der Waals surface area contributed by atoms with Crippen LogP contribution in [-0.2, 0) is 9.53 Å². The molecule has 0 saturated carbocycles. The number of carbonyl (C=O) groups excluding carboxylic acids is 1. The number of hydrogen-bond acceptors (Lipinski definition) is 5. The summed E-state index contributed by atoms with van der Waals surface area (Å²) in [5.74, 6) is -0.416. The molecule has 0 aliphatic carbocycles. The van der Waals surface area contributed by atoms with Crippen molar-refractivity contribution in [3.8, 4) is 0 Å². The number of thiazole rings is 1. The molecule has 1 aromatic rings.